The molecule has 0 aliphatic carbocycles. The summed E-state index contributed by atoms with van der Waals surface area (Å²) in [6, 6.07) is 6.97. The molecule has 2 heterocycles. The van der Waals surface area contributed by atoms with Crippen molar-refractivity contribution < 1.29 is 18.3 Å². The van der Waals surface area contributed by atoms with Crippen molar-refractivity contribution in [3.63, 3.8) is 0 Å². The molecule has 3 aromatic rings. The number of aromatic nitrogens is 1. The van der Waals surface area contributed by atoms with Crippen LogP contribution in [0, 0.1) is 0 Å². The van der Waals surface area contributed by atoms with Gasteiger partial charge in [0.2, 0.25) is 0 Å². The van der Waals surface area contributed by atoms with Crippen LogP contribution in [0.15, 0.2) is 47.3 Å². The molecular formula is C17H15F3N2OS. The number of fused-ring (bicyclic) bond motifs is 1. The highest BCUT2D eigenvalue weighted by Crippen LogP contribution is 2.33. The Morgan fingerprint density at radius 3 is 2.62 bits per heavy atom. The van der Waals surface area contributed by atoms with E-state index in [0.717, 1.165) is 17.7 Å². The van der Waals surface area contributed by atoms with E-state index in [0.29, 0.717) is 11.1 Å². The number of hydrogen-bond acceptors (Lipinski definition) is 4. The average Bonchev–Trinajstić information content (AvgIpc) is 3.07. The van der Waals surface area contributed by atoms with E-state index in [1.165, 1.54) is 23.6 Å². The number of rotatable bonds is 4. The summed E-state index contributed by atoms with van der Waals surface area (Å²) < 4.78 is 38.4. The molecule has 126 valence electrons. The van der Waals surface area contributed by atoms with Crippen molar-refractivity contribution in [1.29, 1.82) is 0 Å². The first kappa shape index (κ1) is 16.7. The van der Waals surface area contributed by atoms with Gasteiger partial charge in [0.25, 0.3) is 0 Å². The van der Waals surface area contributed by atoms with Crippen molar-refractivity contribution >= 4 is 27.9 Å². The monoisotopic (exact) mass is 352 g/mol. The quantitative estimate of drug-likeness (QED) is 0.719. The number of aliphatic hydroxyl groups is 1. The number of thiophene rings is 1. The smallest absolute Gasteiger partial charge is 0.384 e. The van der Waals surface area contributed by atoms with Crippen molar-refractivity contribution in [2.45, 2.75) is 18.7 Å². The van der Waals surface area contributed by atoms with Crippen LogP contribution < -0.4 is 5.32 Å². The number of alkyl halides is 3. The molecule has 3 rings (SSSR count). The molecule has 0 amide bonds. The molecule has 0 bridgehead atoms. The second-order valence-electron chi connectivity index (χ2n) is 5.73. The Hall–Kier alpha value is -2.12. The van der Waals surface area contributed by atoms with E-state index in [-0.39, 0.29) is 12.1 Å². The summed E-state index contributed by atoms with van der Waals surface area (Å²) in [7, 11) is 0. The van der Waals surface area contributed by atoms with Crippen LogP contribution in [-0.2, 0) is 11.8 Å². The maximum absolute atomic E-state index is 12.8. The zero-order valence-electron chi connectivity index (χ0n) is 12.8. The van der Waals surface area contributed by atoms with Gasteiger partial charge in [0.1, 0.15) is 5.60 Å². The third kappa shape index (κ3) is 3.37. The fourth-order valence-corrected chi connectivity index (χ4v) is 3.20. The first-order valence-corrected chi connectivity index (χ1v) is 8.16. The number of pyridine rings is 1. The number of nitrogens with zero attached hydrogens (tertiary/aromatic N) is 1. The van der Waals surface area contributed by atoms with Crippen molar-refractivity contribution in [1.82, 2.24) is 4.98 Å². The number of nitrogens with one attached hydrogen (secondary N) is 1. The fourth-order valence-electron chi connectivity index (χ4n) is 2.42. The lowest BCUT2D eigenvalue weighted by Crippen LogP contribution is -2.30. The Morgan fingerprint density at radius 2 is 1.96 bits per heavy atom. The van der Waals surface area contributed by atoms with Crippen molar-refractivity contribution in [3.05, 3.63) is 58.4 Å². The van der Waals surface area contributed by atoms with Gasteiger partial charge in [-0.05, 0) is 47.5 Å². The summed E-state index contributed by atoms with van der Waals surface area (Å²) in [5.41, 5.74) is -0.140. The van der Waals surface area contributed by atoms with Gasteiger partial charge in [-0.25, -0.2) is 0 Å². The zero-order chi connectivity index (χ0) is 17.4. The highest BCUT2D eigenvalue weighted by Gasteiger charge is 2.30. The van der Waals surface area contributed by atoms with Gasteiger partial charge in [-0.15, -0.1) is 0 Å². The summed E-state index contributed by atoms with van der Waals surface area (Å²) in [6.07, 6.45) is -2.95. The maximum Gasteiger partial charge on any atom is 0.416 e. The first-order valence-electron chi connectivity index (χ1n) is 7.22. The third-order valence-corrected chi connectivity index (χ3v) is 4.52. The number of benzene rings is 1. The summed E-state index contributed by atoms with van der Waals surface area (Å²) in [5, 5.41) is 18.0. The Morgan fingerprint density at radius 1 is 1.17 bits per heavy atom. The minimum Gasteiger partial charge on any atom is -0.384 e. The Labute approximate surface area is 140 Å². The molecule has 0 aliphatic rings. The predicted octanol–water partition coefficient (Wildman–Crippen LogP) is 4.63. The first-order chi connectivity index (χ1) is 11.3. The summed E-state index contributed by atoms with van der Waals surface area (Å²) in [4.78, 5) is 4.01. The number of halogens is 3. The van der Waals surface area contributed by atoms with E-state index in [9.17, 15) is 18.3 Å². The average molecular weight is 352 g/mol. The van der Waals surface area contributed by atoms with Crippen molar-refractivity contribution in [2.75, 3.05) is 11.9 Å². The number of hydrogen-bond donors (Lipinski definition) is 2. The Balaban J connectivity index is 1.88. The van der Waals surface area contributed by atoms with E-state index >= 15 is 0 Å². The molecule has 1 atom stereocenters. The Kier molecular flexibility index (Phi) is 4.23. The van der Waals surface area contributed by atoms with Crippen molar-refractivity contribution in [3.8, 4) is 0 Å². The zero-order valence-corrected chi connectivity index (χ0v) is 13.6. The van der Waals surface area contributed by atoms with Crippen LogP contribution in [0.25, 0.3) is 10.9 Å². The normalized spacial score (nSPS) is 14.5. The largest absolute Gasteiger partial charge is 0.416 e. The second kappa shape index (κ2) is 6.07. The highest BCUT2D eigenvalue weighted by molar-refractivity contribution is 7.08. The van der Waals surface area contributed by atoms with Crippen LogP contribution in [-0.4, -0.2) is 16.6 Å². The summed E-state index contributed by atoms with van der Waals surface area (Å²) in [6.45, 7) is 1.91. The van der Waals surface area contributed by atoms with Crippen LogP contribution >= 0.6 is 11.3 Å². The second-order valence-corrected chi connectivity index (χ2v) is 6.51. The maximum atomic E-state index is 12.8. The standard InChI is InChI=1S/C17H15F3N2OS/c1-16(23,12-5-7-24-9-12)10-22-14-4-6-21-15-8-11(17(18,19)20)2-3-13(14)15/h2-9,23H,10H2,1H3,(H,21,22). The number of anilines is 1. The molecule has 0 saturated carbocycles. The highest BCUT2D eigenvalue weighted by atomic mass is 32.1. The van der Waals surface area contributed by atoms with Gasteiger partial charge in [0.15, 0.2) is 0 Å². The van der Waals surface area contributed by atoms with E-state index < -0.39 is 17.3 Å². The lowest BCUT2D eigenvalue weighted by molar-refractivity contribution is -0.137. The van der Waals surface area contributed by atoms with Gasteiger partial charge in [0, 0.05) is 23.8 Å². The molecule has 0 saturated heterocycles. The summed E-state index contributed by atoms with van der Waals surface area (Å²) in [5.74, 6) is 0. The van der Waals surface area contributed by atoms with Crippen LogP contribution in [0.3, 0.4) is 0 Å². The predicted molar refractivity (Wildman–Crippen MR) is 89.1 cm³/mol. The van der Waals surface area contributed by atoms with Gasteiger partial charge >= 0.3 is 6.18 Å². The molecule has 2 N–H and O–H groups in total. The van der Waals surface area contributed by atoms with Gasteiger partial charge in [-0.2, -0.15) is 24.5 Å². The molecule has 1 aromatic carbocycles. The molecule has 0 radical (unpaired) electrons. The molecule has 2 aromatic heterocycles. The fraction of sp³-hybridized carbons (Fsp3) is 0.235. The van der Waals surface area contributed by atoms with Gasteiger partial charge in [-0.3, -0.25) is 4.98 Å². The third-order valence-electron chi connectivity index (χ3n) is 3.84. The van der Waals surface area contributed by atoms with Gasteiger partial charge in [0.05, 0.1) is 11.1 Å². The van der Waals surface area contributed by atoms with E-state index in [2.05, 4.69) is 10.3 Å². The molecule has 0 spiro atoms. The van der Waals surface area contributed by atoms with Crippen LogP contribution in [0.4, 0.5) is 18.9 Å². The molecule has 0 aliphatic heterocycles. The minimum atomic E-state index is -4.40. The van der Waals surface area contributed by atoms with Crippen LogP contribution in [0.5, 0.6) is 0 Å². The molecule has 3 nitrogen and oxygen atoms in total. The molecular weight excluding hydrogens is 337 g/mol. The topological polar surface area (TPSA) is 45.1 Å². The van der Waals surface area contributed by atoms with Gasteiger partial charge in [-0.1, -0.05) is 6.07 Å². The van der Waals surface area contributed by atoms with Gasteiger partial charge < -0.3 is 10.4 Å². The SMILES string of the molecule is CC(O)(CNc1ccnc2cc(C(F)(F)F)ccc12)c1ccsc1. The molecule has 7 heteroatoms. The van der Waals surface area contributed by atoms with Crippen LogP contribution in [0.2, 0.25) is 0 Å². The molecule has 1 unspecified atom stereocenters. The molecule has 0 fully saturated rings. The van der Waals surface area contributed by atoms with E-state index in [4.69, 9.17) is 0 Å². The van der Waals surface area contributed by atoms with E-state index in [1.54, 1.807) is 13.0 Å². The van der Waals surface area contributed by atoms with Crippen molar-refractivity contribution in [2.24, 2.45) is 0 Å². The Bertz CT molecular complexity index is 845. The lowest BCUT2D eigenvalue weighted by Gasteiger charge is -2.24. The molecule has 24 heavy (non-hydrogen) atoms. The lowest BCUT2D eigenvalue weighted by atomic mass is 9.99. The minimum absolute atomic E-state index is 0.226. The van der Waals surface area contributed by atoms with Crippen LogP contribution in [0.1, 0.15) is 18.1 Å². The summed E-state index contributed by atoms with van der Waals surface area (Å²) >= 11 is 1.49. The van der Waals surface area contributed by atoms with E-state index in [1.807, 2.05) is 16.8 Å².